The fourth-order valence-corrected chi connectivity index (χ4v) is 10.5. The summed E-state index contributed by atoms with van der Waals surface area (Å²) in [5.41, 5.74) is -1.53. The fourth-order valence-electron chi connectivity index (χ4n) is 10.5. The Hall–Kier alpha value is -0.660. The Morgan fingerprint density at radius 1 is 1.00 bits per heavy atom. The summed E-state index contributed by atoms with van der Waals surface area (Å²) in [6.45, 7) is 8.48. The minimum atomic E-state index is -1.35. The van der Waals surface area contributed by atoms with Crippen molar-refractivity contribution in [3.05, 3.63) is 11.6 Å². The number of fused-ring (bicyclic) bond motifs is 5. The lowest BCUT2D eigenvalue weighted by atomic mass is 9.43. The molecule has 1 heterocycles. The van der Waals surface area contributed by atoms with E-state index in [0.717, 1.165) is 37.7 Å². The first-order valence-electron chi connectivity index (χ1n) is 16.5. The van der Waals surface area contributed by atoms with E-state index in [-0.39, 0.29) is 43.3 Å². The van der Waals surface area contributed by atoms with Gasteiger partial charge in [-0.3, -0.25) is 0 Å². The van der Waals surface area contributed by atoms with Crippen LogP contribution in [0, 0.1) is 40.4 Å². The third-order valence-electron chi connectivity index (χ3n) is 12.6. The van der Waals surface area contributed by atoms with Crippen LogP contribution in [0.5, 0.6) is 0 Å². The summed E-state index contributed by atoms with van der Waals surface area (Å²) in [6, 6.07) is 0. The van der Waals surface area contributed by atoms with Crippen LogP contribution in [0.3, 0.4) is 0 Å². The zero-order valence-corrected chi connectivity index (χ0v) is 26.5. The Morgan fingerprint density at radius 2 is 1.72 bits per heavy atom. The molecule has 0 aromatic rings. The van der Waals surface area contributed by atoms with Gasteiger partial charge in [0.15, 0.2) is 6.29 Å². The van der Waals surface area contributed by atoms with E-state index in [2.05, 4.69) is 20.8 Å². The van der Waals surface area contributed by atoms with Crippen LogP contribution >= 0.6 is 0 Å². The van der Waals surface area contributed by atoms with Crippen molar-refractivity contribution in [2.45, 2.75) is 134 Å². The maximum atomic E-state index is 12.6. The van der Waals surface area contributed by atoms with Crippen LogP contribution in [0.4, 0.5) is 0 Å². The highest BCUT2D eigenvalue weighted by atomic mass is 16.7. The summed E-state index contributed by atoms with van der Waals surface area (Å²) in [7, 11) is 1.43. The summed E-state index contributed by atoms with van der Waals surface area (Å²) < 4.78 is 17.2. The van der Waals surface area contributed by atoms with Crippen LogP contribution in [0.2, 0.25) is 0 Å². The number of methoxy groups -OCH3 is 1. The van der Waals surface area contributed by atoms with Crippen molar-refractivity contribution in [1.29, 1.82) is 0 Å². The second-order valence-corrected chi connectivity index (χ2v) is 15.2. The fraction of sp³-hybridized carbons (Fsp3) is 0.939. The van der Waals surface area contributed by atoms with Gasteiger partial charge in [0.1, 0.15) is 18.3 Å². The third kappa shape index (κ3) is 5.55. The molecule has 0 aromatic carbocycles. The second-order valence-electron chi connectivity index (χ2n) is 15.2. The molecule has 0 aromatic heterocycles. The van der Waals surface area contributed by atoms with Crippen molar-refractivity contribution < 1.29 is 50.0 Å². The first kappa shape index (κ1) is 33.7. The molecule has 0 amide bonds. The molecule has 1 aliphatic heterocycles. The summed E-state index contributed by atoms with van der Waals surface area (Å²) in [5.74, 6) is -0.578. The number of rotatable bonds is 9. The lowest BCUT2D eigenvalue weighted by Gasteiger charge is -2.64. The molecular weight excluding hydrogens is 556 g/mol. The lowest BCUT2D eigenvalue weighted by molar-refractivity contribution is -0.285. The number of aliphatic hydroxyl groups is 7. The molecule has 10 nitrogen and oxygen atoms in total. The molecule has 10 heteroatoms. The molecule has 5 aliphatic rings. The van der Waals surface area contributed by atoms with E-state index in [1.54, 1.807) is 0 Å². The van der Waals surface area contributed by atoms with Gasteiger partial charge in [-0.25, -0.2) is 0 Å². The van der Waals surface area contributed by atoms with E-state index in [1.165, 1.54) is 7.11 Å². The Morgan fingerprint density at radius 3 is 2.40 bits per heavy atom. The highest BCUT2D eigenvalue weighted by molar-refractivity contribution is 5.33. The molecule has 0 radical (unpaired) electrons. The van der Waals surface area contributed by atoms with Crippen LogP contribution in [0.25, 0.3) is 0 Å². The van der Waals surface area contributed by atoms with Gasteiger partial charge in [-0.15, -0.1) is 0 Å². The molecule has 7 N–H and O–H groups in total. The molecule has 43 heavy (non-hydrogen) atoms. The van der Waals surface area contributed by atoms with Crippen molar-refractivity contribution >= 4 is 0 Å². The van der Waals surface area contributed by atoms with Crippen molar-refractivity contribution in [3.8, 4) is 0 Å². The second kappa shape index (κ2) is 12.5. The summed E-state index contributed by atoms with van der Waals surface area (Å²) in [5, 5.41) is 77.0. The molecule has 1 saturated heterocycles. The van der Waals surface area contributed by atoms with Gasteiger partial charge in [-0.05, 0) is 72.2 Å². The van der Waals surface area contributed by atoms with Crippen molar-refractivity contribution in [1.82, 2.24) is 0 Å². The van der Waals surface area contributed by atoms with Crippen molar-refractivity contribution in [2.24, 2.45) is 40.4 Å². The summed E-state index contributed by atoms with van der Waals surface area (Å²) >= 11 is 0. The van der Waals surface area contributed by atoms with Crippen LogP contribution in [-0.2, 0) is 14.2 Å². The van der Waals surface area contributed by atoms with E-state index >= 15 is 0 Å². The Bertz CT molecular complexity index is 1010. The smallest absolute Gasteiger partial charge is 0.187 e. The first-order chi connectivity index (χ1) is 20.2. The molecule has 4 unspecified atom stereocenters. The van der Waals surface area contributed by atoms with Gasteiger partial charge in [0, 0.05) is 26.1 Å². The predicted molar refractivity (Wildman–Crippen MR) is 158 cm³/mol. The monoisotopic (exact) mass is 612 g/mol. The van der Waals surface area contributed by atoms with E-state index in [9.17, 15) is 35.7 Å². The molecule has 0 spiro atoms. The molecular formula is C33H56O10. The minimum absolute atomic E-state index is 0.0693. The van der Waals surface area contributed by atoms with Crippen LogP contribution in [0.15, 0.2) is 11.6 Å². The van der Waals surface area contributed by atoms with Gasteiger partial charge in [-0.2, -0.15) is 0 Å². The molecule has 4 aliphatic carbocycles. The highest BCUT2D eigenvalue weighted by Gasteiger charge is 2.72. The zero-order valence-electron chi connectivity index (χ0n) is 26.5. The zero-order chi connectivity index (χ0) is 31.5. The molecule has 248 valence electrons. The average Bonchev–Trinajstić information content (AvgIpc) is 3.16. The quantitative estimate of drug-likeness (QED) is 0.190. The summed E-state index contributed by atoms with van der Waals surface area (Å²) in [6.07, 6.45) is 0.172. The predicted octanol–water partition coefficient (Wildman–Crippen LogP) is 1.51. The van der Waals surface area contributed by atoms with E-state index in [4.69, 9.17) is 14.2 Å². The number of aliphatic hydroxyl groups excluding tert-OH is 6. The van der Waals surface area contributed by atoms with E-state index in [1.807, 2.05) is 13.0 Å². The van der Waals surface area contributed by atoms with Gasteiger partial charge < -0.3 is 50.0 Å². The van der Waals surface area contributed by atoms with Gasteiger partial charge in [0.25, 0.3) is 0 Å². The Kier molecular flexibility index (Phi) is 9.80. The van der Waals surface area contributed by atoms with Crippen LogP contribution < -0.4 is 0 Å². The normalized spacial score (nSPS) is 51.2. The summed E-state index contributed by atoms with van der Waals surface area (Å²) in [4.78, 5) is 0. The van der Waals surface area contributed by atoms with Crippen molar-refractivity contribution in [2.75, 3.05) is 20.3 Å². The largest absolute Gasteiger partial charge is 0.396 e. The Balaban J connectivity index is 1.36. The van der Waals surface area contributed by atoms with Gasteiger partial charge in [-0.1, -0.05) is 46.6 Å². The van der Waals surface area contributed by atoms with Gasteiger partial charge in [0.2, 0.25) is 0 Å². The number of hydrogen-bond donors (Lipinski definition) is 7. The minimum Gasteiger partial charge on any atom is -0.396 e. The molecule has 3 saturated carbocycles. The maximum absolute atomic E-state index is 12.6. The van der Waals surface area contributed by atoms with E-state index < -0.39 is 71.4 Å². The molecule has 16 atom stereocenters. The van der Waals surface area contributed by atoms with Gasteiger partial charge >= 0.3 is 0 Å². The number of hydrogen-bond acceptors (Lipinski definition) is 10. The molecule has 0 bridgehead atoms. The first-order valence-corrected chi connectivity index (χ1v) is 16.5. The topological polar surface area (TPSA) is 169 Å². The van der Waals surface area contributed by atoms with Gasteiger partial charge in [0.05, 0.1) is 36.6 Å². The standard InChI is InChI=1S/C33H56O10/c1-17(15-34)7-6-8-18(2)24-26(38)27(39)29-32(24,4)12-10-23-31(3)11-9-19(13-20(31)21(35)14-33(23,29)40)43-30-28(41-5)25(37)22(36)16-42-30/h13,17-19,21-30,34-40H,6-12,14-16H2,1-5H3/t17?,18-,19+,21-,22-,23?,24+,25+,26-,27?,28-,29?,30+,31+,32-,33+/m1/s1. The van der Waals surface area contributed by atoms with E-state index in [0.29, 0.717) is 12.8 Å². The maximum Gasteiger partial charge on any atom is 0.187 e. The van der Waals surface area contributed by atoms with Crippen LogP contribution in [-0.4, -0.2) is 111 Å². The number of ether oxygens (including phenoxy) is 3. The molecule has 5 rings (SSSR count). The lowest BCUT2D eigenvalue weighted by Crippen LogP contribution is -2.66. The molecule has 4 fully saturated rings. The SMILES string of the molecule is CO[C@H]1[C@H](O[C@@H]2C=C3[C@H](O)C[C@]4(O)C(CC[C@@]5(C)C4C(O)[C@H](O)[C@@H]5[C@H](C)CCCC(C)CO)[C@@]3(C)CC2)OC[C@@H](O)[C@@H]1O. The average molecular weight is 613 g/mol. The third-order valence-corrected chi connectivity index (χ3v) is 12.6. The highest BCUT2D eigenvalue weighted by Crippen LogP contribution is 2.69. The Labute approximate surface area is 256 Å². The van der Waals surface area contributed by atoms with Crippen LogP contribution in [0.1, 0.15) is 79.1 Å². The van der Waals surface area contributed by atoms with Crippen molar-refractivity contribution in [3.63, 3.8) is 0 Å².